The van der Waals surface area contributed by atoms with Crippen LogP contribution < -0.4 is 0 Å². The molecule has 1 atom stereocenters. The van der Waals surface area contributed by atoms with E-state index >= 15 is 0 Å². The highest BCUT2D eigenvalue weighted by Gasteiger charge is 2.33. The van der Waals surface area contributed by atoms with Gasteiger partial charge >= 0.3 is 0 Å². The first-order chi connectivity index (χ1) is 7.48. The van der Waals surface area contributed by atoms with Crippen LogP contribution in [-0.2, 0) is 9.84 Å². The Bertz CT molecular complexity index is 527. The van der Waals surface area contributed by atoms with Crippen LogP contribution in [0.15, 0.2) is 18.5 Å². The second kappa shape index (κ2) is 3.93. The van der Waals surface area contributed by atoms with Crippen molar-refractivity contribution >= 4 is 15.6 Å². The highest BCUT2D eigenvalue weighted by Crippen LogP contribution is 2.22. The summed E-state index contributed by atoms with van der Waals surface area (Å²) in [5.41, 5.74) is 0.141. The average Bonchev–Trinajstić information content (AvgIpc) is 2.58. The summed E-state index contributed by atoms with van der Waals surface area (Å²) in [4.78, 5) is 15.4. The zero-order valence-corrected chi connectivity index (χ0v) is 9.21. The summed E-state index contributed by atoms with van der Waals surface area (Å²) in [5, 5.41) is 0. The highest BCUT2D eigenvalue weighted by molar-refractivity contribution is 7.91. The van der Waals surface area contributed by atoms with Crippen molar-refractivity contribution in [3.8, 4) is 0 Å². The van der Waals surface area contributed by atoms with Crippen LogP contribution in [0.1, 0.15) is 16.8 Å². The summed E-state index contributed by atoms with van der Waals surface area (Å²) in [5.74, 6) is -1.58. The lowest BCUT2D eigenvalue weighted by Gasteiger charge is -2.05. The maximum absolute atomic E-state index is 12.8. The molecule has 1 aliphatic heterocycles. The predicted molar refractivity (Wildman–Crippen MR) is 55.3 cm³/mol. The molecule has 1 aliphatic rings. The Kier molecular flexibility index (Phi) is 2.75. The summed E-state index contributed by atoms with van der Waals surface area (Å²) in [6.45, 7) is 0. The molecule has 16 heavy (non-hydrogen) atoms. The van der Waals surface area contributed by atoms with Gasteiger partial charge in [-0.1, -0.05) is 0 Å². The molecular formula is C10H10FNO3S. The standard InChI is InChI=1S/C10H10FNO3S/c11-9-3-8(4-12-5-9)10(13)7-1-2-16(14,15)6-7/h3-5,7H,1-2,6H2. The fraction of sp³-hybridized carbons (Fsp3) is 0.400. The number of carbonyl (C=O) groups is 1. The minimum absolute atomic E-state index is 0.0339. The van der Waals surface area contributed by atoms with Gasteiger partial charge in [-0.05, 0) is 12.5 Å². The van der Waals surface area contributed by atoms with Crippen molar-refractivity contribution in [1.29, 1.82) is 0 Å². The molecule has 1 fully saturated rings. The number of sulfone groups is 1. The van der Waals surface area contributed by atoms with E-state index in [-0.39, 0.29) is 22.9 Å². The van der Waals surface area contributed by atoms with Gasteiger partial charge in [-0.3, -0.25) is 9.78 Å². The molecule has 4 nitrogen and oxygen atoms in total. The Labute approximate surface area is 92.4 Å². The maximum atomic E-state index is 12.8. The maximum Gasteiger partial charge on any atom is 0.168 e. The minimum Gasteiger partial charge on any atom is -0.294 e. The van der Waals surface area contributed by atoms with Gasteiger partial charge in [0.2, 0.25) is 0 Å². The van der Waals surface area contributed by atoms with E-state index in [2.05, 4.69) is 4.98 Å². The first-order valence-electron chi connectivity index (χ1n) is 4.83. The summed E-state index contributed by atoms with van der Waals surface area (Å²) >= 11 is 0. The van der Waals surface area contributed by atoms with E-state index in [1.54, 1.807) is 0 Å². The van der Waals surface area contributed by atoms with Crippen LogP contribution in [0, 0.1) is 11.7 Å². The molecule has 1 aromatic heterocycles. The lowest BCUT2D eigenvalue weighted by Crippen LogP contribution is -2.16. The van der Waals surface area contributed by atoms with E-state index in [9.17, 15) is 17.6 Å². The Morgan fingerprint density at radius 3 is 2.75 bits per heavy atom. The van der Waals surface area contributed by atoms with Crippen LogP contribution in [0.4, 0.5) is 4.39 Å². The Hall–Kier alpha value is -1.30. The van der Waals surface area contributed by atoms with Crippen molar-refractivity contribution in [2.45, 2.75) is 6.42 Å². The second-order valence-corrected chi connectivity index (χ2v) is 6.08. The summed E-state index contributed by atoms with van der Waals surface area (Å²) in [7, 11) is -3.09. The van der Waals surface area contributed by atoms with Crippen molar-refractivity contribution in [2.75, 3.05) is 11.5 Å². The van der Waals surface area contributed by atoms with Crippen molar-refractivity contribution in [1.82, 2.24) is 4.98 Å². The molecular weight excluding hydrogens is 233 g/mol. The second-order valence-electron chi connectivity index (χ2n) is 3.86. The molecule has 0 aromatic carbocycles. The van der Waals surface area contributed by atoms with Gasteiger partial charge in [0.1, 0.15) is 5.82 Å². The molecule has 0 saturated carbocycles. The number of ketones is 1. The highest BCUT2D eigenvalue weighted by atomic mass is 32.2. The van der Waals surface area contributed by atoms with E-state index in [1.807, 2.05) is 0 Å². The van der Waals surface area contributed by atoms with Gasteiger partial charge in [0, 0.05) is 17.7 Å². The van der Waals surface area contributed by atoms with E-state index in [1.165, 1.54) is 6.20 Å². The van der Waals surface area contributed by atoms with Crippen molar-refractivity contribution in [3.63, 3.8) is 0 Å². The number of halogens is 1. The first-order valence-corrected chi connectivity index (χ1v) is 6.65. The van der Waals surface area contributed by atoms with E-state index in [4.69, 9.17) is 0 Å². The largest absolute Gasteiger partial charge is 0.294 e. The zero-order chi connectivity index (χ0) is 11.8. The molecule has 2 heterocycles. The van der Waals surface area contributed by atoms with E-state index in [0.717, 1.165) is 12.3 Å². The lowest BCUT2D eigenvalue weighted by atomic mass is 9.98. The molecule has 0 N–H and O–H groups in total. The number of carbonyl (C=O) groups excluding carboxylic acids is 1. The molecule has 1 saturated heterocycles. The molecule has 0 radical (unpaired) electrons. The topological polar surface area (TPSA) is 64.1 Å². The van der Waals surface area contributed by atoms with Gasteiger partial charge in [-0.25, -0.2) is 12.8 Å². The number of aromatic nitrogens is 1. The van der Waals surface area contributed by atoms with E-state index < -0.39 is 21.6 Å². The molecule has 0 aliphatic carbocycles. The van der Waals surface area contributed by atoms with Crippen molar-refractivity contribution in [2.24, 2.45) is 5.92 Å². The van der Waals surface area contributed by atoms with Gasteiger partial charge in [0.05, 0.1) is 17.7 Å². The molecule has 1 unspecified atom stereocenters. The average molecular weight is 243 g/mol. The Balaban J connectivity index is 2.21. The SMILES string of the molecule is O=C(c1cncc(F)c1)C1CCS(=O)(=O)C1. The number of rotatable bonds is 2. The quantitative estimate of drug-likeness (QED) is 0.722. The molecule has 0 amide bonds. The number of Topliss-reactive ketones (excluding diaryl/α,β-unsaturated/α-hetero) is 1. The number of hydrogen-bond donors (Lipinski definition) is 0. The van der Waals surface area contributed by atoms with Crippen LogP contribution in [0.25, 0.3) is 0 Å². The molecule has 1 aromatic rings. The first kappa shape index (κ1) is 11.2. The monoisotopic (exact) mass is 243 g/mol. The van der Waals surface area contributed by atoms with Crippen LogP contribution in [-0.4, -0.2) is 30.7 Å². The summed E-state index contributed by atoms with van der Waals surface area (Å²) < 4.78 is 35.2. The molecule has 6 heteroatoms. The fourth-order valence-electron chi connectivity index (χ4n) is 1.78. The molecule has 0 spiro atoms. The van der Waals surface area contributed by atoms with E-state index in [0.29, 0.717) is 6.42 Å². The number of pyridine rings is 1. The third-order valence-corrected chi connectivity index (χ3v) is 4.36. The number of hydrogen-bond acceptors (Lipinski definition) is 4. The number of nitrogens with zero attached hydrogens (tertiary/aromatic N) is 1. The minimum atomic E-state index is -3.09. The van der Waals surface area contributed by atoms with Crippen molar-refractivity contribution < 1.29 is 17.6 Å². The predicted octanol–water partition coefficient (Wildman–Crippen LogP) is 0.838. The van der Waals surface area contributed by atoms with Gasteiger partial charge in [0.15, 0.2) is 15.6 Å². The lowest BCUT2D eigenvalue weighted by molar-refractivity contribution is 0.0932. The van der Waals surface area contributed by atoms with Crippen LogP contribution >= 0.6 is 0 Å². The Morgan fingerprint density at radius 2 is 2.19 bits per heavy atom. The summed E-state index contributed by atoms with van der Waals surface area (Å²) in [6, 6.07) is 1.08. The normalized spacial score (nSPS) is 23.2. The summed E-state index contributed by atoms with van der Waals surface area (Å²) in [6.07, 6.45) is 2.58. The fourth-order valence-corrected chi connectivity index (χ4v) is 3.53. The third-order valence-electron chi connectivity index (χ3n) is 2.59. The van der Waals surface area contributed by atoms with Crippen molar-refractivity contribution in [3.05, 3.63) is 29.8 Å². The van der Waals surface area contributed by atoms with Gasteiger partial charge in [-0.2, -0.15) is 0 Å². The smallest absolute Gasteiger partial charge is 0.168 e. The molecule has 2 rings (SSSR count). The molecule has 86 valence electrons. The third kappa shape index (κ3) is 2.27. The molecule has 0 bridgehead atoms. The van der Waals surface area contributed by atoms with Crippen LogP contribution in [0.2, 0.25) is 0 Å². The van der Waals surface area contributed by atoms with Crippen LogP contribution in [0.3, 0.4) is 0 Å². The van der Waals surface area contributed by atoms with Gasteiger partial charge in [-0.15, -0.1) is 0 Å². The van der Waals surface area contributed by atoms with Gasteiger partial charge < -0.3 is 0 Å². The van der Waals surface area contributed by atoms with Gasteiger partial charge in [0.25, 0.3) is 0 Å². The zero-order valence-electron chi connectivity index (χ0n) is 8.39. The Morgan fingerprint density at radius 1 is 1.44 bits per heavy atom. The van der Waals surface area contributed by atoms with Crippen LogP contribution in [0.5, 0.6) is 0 Å².